The molecule has 1 amide bonds. The molecule has 8 heteroatoms. The van der Waals surface area contributed by atoms with Gasteiger partial charge >= 0.3 is 0 Å². The summed E-state index contributed by atoms with van der Waals surface area (Å²) in [5, 5.41) is 6.05. The highest BCUT2D eigenvalue weighted by atomic mass is 19.1. The van der Waals surface area contributed by atoms with Crippen LogP contribution in [0.2, 0.25) is 0 Å². The predicted octanol–water partition coefficient (Wildman–Crippen LogP) is 1.64. The molecule has 7 nitrogen and oxygen atoms in total. The normalized spacial score (nSPS) is 14.6. The average molecular weight is 387 g/mol. The predicted molar refractivity (Wildman–Crippen MR) is 105 cm³/mol. The Hall–Kier alpha value is -2.58. The summed E-state index contributed by atoms with van der Waals surface area (Å²) in [5.74, 6) is 0.621. The van der Waals surface area contributed by atoms with E-state index in [1.807, 2.05) is 6.07 Å². The zero-order chi connectivity index (χ0) is 19.8. The Labute approximate surface area is 164 Å². The van der Waals surface area contributed by atoms with Crippen LogP contribution in [0.15, 0.2) is 30.3 Å². The van der Waals surface area contributed by atoms with Gasteiger partial charge < -0.3 is 15.4 Å². The maximum absolute atomic E-state index is 13.7. The van der Waals surface area contributed by atoms with Crippen molar-refractivity contribution in [1.29, 1.82) is 0 Å². The maximum Gasteiger partial charge on any atom is 0.270 e. The molecule has 28 heavy (non-hydrogen) atoms. The molecule has 0 unspecified atom stereocenters. The third-order valence-electron chi connectivity index (χ3n) is 4.55. The van der Waals surface area contributed by atoms with Crippen LogP contribution in [0.1, 0.15) is 21.9 Å². The van der Waals surface area contributed by atoms with Gasteiger partial charge in [-0.2, -0.15) is 0 Å². The molecule has 3 rings (SSSR count). The van der Waals surface area contributed by atoms with Crippen molar-refractivity contribution in [3.05, 3.63) is 53.2 Å². The van der Waals surface area contributed by atoms with Gasteiger partial charge in [0.15, 0.2) is 0 Å². The first-order valence-electron chi connectivity index (χ1n) is 9.53. The van der Waals surface area contributed by atoms with Crippen molar-refractivity contribution in [2.75, 3.05) is 51.3 Å². The van der Waals surface area contributed by atoms with E-state index in [0.29, 0.717) is 42.4 Å². The second-order valence-electron chi connectivity index (χ2n) is 6.66. The van der Waals surface area contributed by atoms with Crippen LogP contribution in [-0.4, -0.2) is 66.7 Å². The van der Waals surface area contributed by atoms with Gasteiger partial charge in [0, 0.05) is 38.8 Å². The summed E-state index contributed by atoms with van der Waals surface area (Å²) in [5.41, 5.74) is 0.963. The van der Waals surface area contributed by atoms with E-state index in [4.69, 9.17) is 4.74 Å². The molecule has 2 heterocycles. The number of nitrogens with zero attached hydrogens (tertiary/aromatic N) is 3. The van der Waals surface area contributed by atoms with Crippen LogP contribution >= 0.6 is 0 Å². The number of hydrogen-bond donors (Lipinski definition) is 2. The molecule has 1 aliphatic heterocycles. The van der Waals surface area contributed by atoms with E-state index in [9.17, 15) is 9.18 Å². The molecule has 2 N–H and O–H groups in total. The number of carbonyl (C=O) groups is 1. The fraction of sp³-hybridized carbons (Fsp3) is 0.450. The summed E-state index contributed by atoms with van der Waals surface area (Å²) in [6, 6.07) is 8.31. The van der Waals surface area contributed by atoms with Crippen molar-refractivity contribution in [3.63, 3.8) is 0 Å². The fourth-order valence-electron chi connectivity index (χ4n) is 3.04. The minimum atomic E-state index is -0.226. The number of anilines is 1. The molecule has 0 aliphatic carbocycles. The zero-order valence-electron chi connectivity index (χ0n) is 16.1. The third kappa shape index (κ3) is 5.97. The second-order valence-corrected chi connectivity index (χ2v) is 6.66. The van der Waals surface area contributed by atoms with Crippen molar-refractivity contribution in [2.45, 2.75) is 13.3 Å². The highest BCUT2D eigenvalue weighted by molar-refractivity contribution is 5.92. The lowest BCUT2D eigenvalue weighted by Crippen LogP contribution is -2.41. The SMILES string of the molecule is Cc1nc(NCCc2ccccc2F)cc(C(=O)NCCN2CCOCC2)n1. The van der Waals surface area contributed by atoms with Gasteiger partial charge in [0.1, 0.15) is 23.2 Å². The largest absolute Gasteiger partial charge is 0.379 e. The van der Waals surface area contributed by atoms with Crippen molar-refractivity contribution in [1.82, 2.24) is 20.2 Å². The molecule has 1 aromatic heterocycles. The van der Waals surface area contributed by atoms with Crippen LogP contribution in [0, 0.1) is 12.7 Å². The van der Waals surface area contributed by atoms with Crippen molar-refractivity contribution >= 4 is 11.7 Å². The summed E-state index contributed by atoms with van der Waals surface area (Å²) >= 11 is 0. The molecule has 1 fully saturated rings. The molecule has 1 aliphatic rings. The molecule has 150 valence electrons. The number of aromatic nitrogens is 2. The van der Waals surface area contributed by atoms with Crippen LogP contribution in [0.3, 0.4) is 0 Å². The average Bonchev–Trinajstić information content (AvgIpc) is 2.70. The van der Waals surface area contributed by atoms with Crippen LogP contribution in [-0.2, 0) is 11.2 Å². The van der Waals surface area contributed by atoms with E-state index < -0.39 is 0 Å². The number of carbonyl (C=O) groups excluding carboxylic acids is 1. The lowest BCUT2D eigenvalue weighted by atomic mass is 10.1. The Morgan fingerprint density at radius 2 is 2.00 bits per heavy atom. The monoisotopic (exact) mass is 387 g/mol. The Morgan fingerprint density at radius 3 is 2.79 bits per heavy atom. The quantitative estimate of drug-likeness (QED) is 0.717. The van der Waals surface area contributed by atoms with E-state index in [0.717, 1.165) is 32.8 Å². The molecule has 1 aromatic carbocycles. The number of nitrogens with one attached hydrogen (secondary N) is 2. The molecule has 1 saturated heterocycles. The number of rotatable bonds is 8. The van der Waals surface area contributed by atoms with Gasteiger partial charge in [-0.05, 0) is 25.0 Å². The second kappa shape index (κ2) is 10.1. The summed E-state index contributed by atoms with van der Waals surface area (Å²) in [6.07, 6.45) is 0.525. The van der Waals surface area contributed by atoms with Gasteiger partial charge in [-0.3, -0.25) is 9.69 Å². The van der Waals surface area contributed by atoms with E-state index in [1.54, 1.807) is 25.1 Å². The first kappa shape index (κ1) is 20.2. The number of halogens is 1. The van der Waals surface area contributed by atoms with Gasteiger partial charge in [-0.15, -0.1) is 0 Å². The lowest BCUT2D eigenvalue weighted by molar-refractivity contribution is 0.0383. The van der Waals surface area contributed by atoms with Crippen molar-refractivity contribution < 1.29 is 13.9 Å². The van der Waals surface area contributed by atoms with Crippen LogP contribution in [0.4, 0.5) is 10.2 Å². The maximum atomic E-state index is 13.7. The minimum Gasteiger partial charge on any atom is -0.379 e. The van der Waals surface area contributed by atoms with Crippen molar-refractivity contribution in [3.8, 4) is 0 Å². The minimum absolute atomic E-state index is 0.219. The number of ether oxygens (including phenoxy) is 1. The van der Waals surface area contributed by atoms with E-state index in [2.05, 4.69) is 25.5 Å². The summed E-state index contributed by atoms with van der Waals surface area (Å²) in [6.45, 7) is 6.84. The van der Waals surface area contributed by atoms with Gasteiger partial charge in [-0.25, -0.2) is 14.4 Å². The molecule has 0 bridgehead atoms. The molecular weight excluding hydrogens is 361 g/mol. The fourth-order valence-corrected chi connectivity index (χ4v) is 3.04. The zero-order valence-corrected chi connectivity index (χ0v) is 16.1. The van der Waals surface area contributed by atoms with Gasteiger partial charge in [-0.1, -0.05) is 18.2 Å². The van der Waals surface area contributed by atoms with Gasteiger partial charge in [0.25, 0.3) is 5.91 Å². The molecule has 0 saturated carbocycles. The van der Waals surface area contributed by atoms with E-state index in [-0.39, 0.29) is 11.7 Å². The number of benzene rings is 1. The molecular formula is C20H26FN5O2. The molecule has 0 radical (unpaired) electrons. The number of aryl methyl sites for hydroxylation is 1. The topological polar surface area (TPSA) is 79.4 Å². The van der Waals surface area contributed by atoms with Crippen LogP contribution in [0.5, 0.6) is 0 Å². The van der Waals surface area contributed by atoms with Crippen LogP contribution in [0.25, 0.3) is 0 Å². The summed E-state index contributed by atoms with van der Waals surface area (Å²) in [4.78, 5) is 23.2. The summed E-state index contributed by atoms with van der Waals surface area (Å²) in [7, 11) is 0. The van der Waals surface area contributed by atoms with E-state index >= 15 is 0 Å². The highest BCUT2D eigenvalue weighted by Crippen LogP contribution is 2.10. The Morgan fingerprint density at radius 1 is 1.21 bits per heavy atom. The molecule has 2 aromatic rings. The lowest BCUT2D eigenvalue weighted by Gasteiger charge is -2.26. The Kier molecular flexibility index (Phi) is 7.27. The Bertz CT molecular complexity index is 796. The highest BCUT2D eigenvalue weighted by Gasteiger charge is 2.13. The van der Waals surface area contributed by atoms with E-state index in [1.165, 1.54) is 6.07 Å². The number of morpholine rings is 1. The smallest absolute Gasteiger partial charge is 0.270 e. The standard InChI is InChI=1S/C20H26FN5O2/c1-15-24-18(20(27)23-8-9-26-10-12-28-13-11-26)14-19(25-15)22-7-6-16-4-2-3-5-17(16)21/h2-5,14H,6-13H2,1H3,(H,23,27)(H,22,24,25). The molecule has 0 atom stereocenters. The molecule has 0 spiro atoms. The third-order valence-corrected chi connectivity index (χ3v) is 4.55. The number of hydrogen-bond acceptors (Lipinski definition) is 6. The summed E-state index contributed by atoms with van der Waals surface area (Å²) < 4.78 is 19.0. The van der Waals surface area contributed by atoms with Gasteiger partial charge in [0.05, 0.1) is 13.2 Å². The first-order chi connectivity index (χ1) is 13.6. The Balaban J connectivity index is 1.50. The van der Waals surface area contributed by atoms with Gasteiger partial charge in [0.2, 0.25) is 0 Å². The van der Waals surface area contributed by atoms with Crippen molar-refractivity contribution in [2.24, 2.45) is 0 Å². The van der Waals surface area contributed by atoms with Crippen LogP contribution < -0.4 is 10.6 Å². The first-order valence-corrected chi connectivity index (χ1v) is 9.53. The number of amides is 1.